The molecule has 1 rings (SSSR count). The van der Waals surface area contributed by atoms with Crippen LogP contribution in [0.4, 0.5) is 0 Å². The van der Waals surface area contributed by atoms with Crippen molar-refractivity contribution in [2.45, 2.75) is 52.0 Å². The summed E-state index contributed by atoms with van der Waals surface area (Å²) in [5, 5.41) is 8.07. The van der Waals surface area contributed by atoms with Crippen LogP contribution in [-0.4, -0.2) is 20.7 Å². The first-order chi connectivity index (χ1) is 7.38. The second kappa shape index (κ2) is 7.74. The van der Waals surface area contributed by atoms with Crippen molar-refractivity contribution in [3.8, 4) is 0 Å². The number of thiol groups is 1. The van der Waals surface area contributed by atoms with Crippen molar-refractivity contribution >= 4 is 12.6 Å². The summed E-state index contributed by atoms with van der Waals surface area (Å²) in [4.78, 5) is 0. The fourth-order valence-electron chi connectivity index (χ4n) is 1.61. The molecule has 0 saturated carbocycles. The van der Waals surface area contributed by atoms with E-state index in [9.17, 15) is 0 Å². The highest BCUT2D eigenvalue weighted by Gasteiger charge is 2.02. The van der Waals surface area contributed by atoms with Gasteiger partial charge in [0, 0.05) is 6.54 Å². The molecule has 0 aromatic carbocycles. The van der Waals surface area contributed by atoms with Gasteiger partial charge in [0.2, 0.25) is 0 Å². The SMILES string of the molecule is CCCCCCn1nncc1CCCS. The summed E-state index contributed by atoms with van der Waals surface area (Å²) < 4.78 is 2.04. The average Bonchev–Trinajstić information content (AvgIpc) is 2.69. The highest BCUT2D eigenvalue weighted by Crippen LogP contribution is 2.05. The molecule has 1 aromatic rings. The van der Waals surface area contributed by atoms with E-state index in [-0.39, 0.29) is 0 Å². The largest absolute Gasteiger partial charge is 0.249 e. The molecule has 0 atom stereocenters. The summed E-state index contributed by atoms with van der Waals surface area (Å²) in [6.45, 7) is 3.25. The first-order valence-corrected chi connectivity index (χ1v) is 6.50. The van der Waals surface area contributed by atoms with Crippen LogP contribution in [0.1, 0.15) is 44.7 Å². The minimum atomic E-state index is 0.932. The van der Waals surface area contributed by atoms with Gasteiger partial charge < -0.3 is 0 Å². The van der Waals surface area contributed by atoms with Crippen LogP contribution in [0, 0.1) is 0 Å². The second-order valence-electron chi connectivity index (χ2n) is 3.84. The zero-order valence-corrected chi connectivity index (χ0v) is 10.4. The molecule has 0 amide bonds. The maximum absolute atomic E-state index is 4.21. The molecule has 0 saturated heterocycles. The molecule has 15 heavy (non-hydrogen) atoms. The maximum atomic E-state index is 4.21. The lowest BCUT2D eigenvalue weighted by atomic mass is 10.2. The van der Waals surface area contributed by atoms with Gasteiger partial charge in [0.05, 0.1) is 11.9 Å². The number of aryl methyl sites for hydroxylation is 2. The molecule has 0 radical (unpaired) electrons. The number of unbranched alkanes of at least 4 members (excludes halogenated alkanes) is 3. The fourth-order valence-corrected chi connectivity index (χ4v) is 1.77. The molecule has 1 heterocycles. The Labute approximate surface area is 97.7 Å². The molecule has 0 aliphatic heterocycles. The molecule has 0 aliphatic rings. The van der Waals surface area contributed by atoms with E-state index in [0.717, 1.165) is 25.1 Å². The quantitative estimate of drug-likeness (QED) is 0.547. The van der Waals surface area contributed by atoms with Gasteiger partial charge in [0.25, 0.3) is 0 Å². The van der Waals surface area contributed by atoms with E-state index in [1.54, 1.807) is 0 Å². The van der Waals surface area contributed by atoms with Crippen molar-refractivity contribution in [3.63, 3.8) is 0 Å². The van der Waals surface area contributed by atoms with Crippen molar-refractivity contribution in [2.75, 3.05) is 5.75 Å². The Balaban J connectivity index is 2.29. The van der Waals surface area contributed by atoms with Crippen molar-refractivity contribution in [3.05, 3.63) is 11.9 Å². The summed E-state index contributed by atoms with van der Waals surface area (Å²) in [5.41, 5.74) is 1.25. The second-order valence-corrected chi connectivity index (χ2v) is 4.28. The summed E-state index contributed by atoms with van der Waals surface area (Å²) >= 11 is 4.21. The molecular weight excluding hydrogens is 206 g/mol. The van der Waals surface area contributed by atoms with Crippen molar-refractivity contribution in [2.24, 2.45) is 0 Å². The number of rotatable bonds is 8. The third-order valence-electron chi connectivity index (χ3n) is 2.51. The Bertz CT molecular complexity index is 260. The van der Waals surface area contributed by atoms with E-state index in [0.29, 0.717) is 0 Å². The van der Waals surface area contributed by atoms with E-state index in [1.807, 2.05) is 10.9 Å². The Morgan fingerprint density at radius 1 is 1.27 bits per heavy atom. The zero-order valence-electron chi connectivity index (χ0n) is 9.52. The average molecular weight is 227 g/mol. The van der Waals surface area contributed by atoms with E-state index >= 15 is 0 Å². The Morgan fingerprint density at radius 2 is 2.13 bits per heavy atom. The van der Waals surface area contributed by atoms with Gasteiger partial charge >= 0.3 is 0 Å². The lowest BCUT2D eigenvalue weighted by Crippen LogP contribution is -2.05. The lowest BCUT2D eigenvalue weighted by molar-refractivity contribution is 0.510. The van der Waals surface area contributed by atoms with Gasteiger partial charge in [-0.1, -0.05) is 31.4 Å². The van der Waals surface area contributed by atoms with Gasteiger partial charge in [0.15, 0.2) is 0 Å². The number of aromatic nitrogens is 3. The summed E-state index contributed by atoms with van der Waals surface area (Å²) in [6, 6.07) is 0. The van der Waals surface area contributed by atoms with Crippen LogP contribution >= 0.6 is 12.6 Å². The van der Waals surface area contributed by atoms with Crippen LogP contribution in [0.3, 0.4) is 0 Å². The van der Waals surface area contributed by atoms with Crippen LogP contribution in [-0.2, 0) is 13.0 Å². The van der Waals surface area contributed by atoms with Crippen molar-refractivity contribution in [1.29, 1.82) is 0 Å². The van der Waals surface area contributed by atoms with Gasteiger partial charge in [-0.2, -0.15) is 12.6 Å². The molecule has 0 spiro atoms. The molecule has 0 bridgehead atoms. The summed E-state index contributed by atoms with van der Waals surface area (Å²) in [6.07, 6.45) is 9.14. The molecule has 1 aromatic heterocycles. The molecule has 3 nitrogen and oxygen atoms in total. The standard InChI is InChI=1S/C11H21N3S/c1-2-3-4-5-8-14-11(7-6-9-15)10-12-13-14/h10,15H,2-9H2,1H3. The van der Waals surface area contributed by atoms with Crippen LogP contribution in [0.5, 0.6) is 0 Å². The van der Waals surface area contributed by atoms with Gasteiger partial charge in [0.1, 0.15) is 0 Å². The highest BCUT2D eigenvalue weighted by atomic mass is 32.1. The molecule has 4 heteroatoms. The molecular formula is C11H21N3S. The van der Waals surface area contributed by atoms with Crippen LogP contribution < -0.4 is 0 Å². The van der Waals surface area contributed by atoms with Crippen LogP contribution in [0.2, 0.25) is 0 Å². The van der Waals surface area contributed by atoms with Gasteiger partial charge in [-0.3, -0.25) is 0 Å². The predicted molar refractivity (Wildman–Crippen MR) is 66.3 cm³/mol. The monoisotopic (exact) mass is 227 g/mol. The van der Waals surface area contributed by atoms with Gasteiger partial charge in [-0.15, -0.1) is 5.10 Å². The van der Waals surface area contributed by atoms with Gasteiger partial charge in [-0.25, -0.2) is 4.68 Å². The Morgan fingerprint density at radius 3 is 2.87 bits per heavy atom. The molecule has 0 unspecified atom stereocenters. The maximum Gasteiger partial charge on any atom is 0.0725 e. The van der Waals surface area contributed by atoms with E-state index in [2.05, 4.69) is 29.9 Å². The summed E-state index contributed by atoms with van der Waals surface area (Å²) in [7, 11) is 0. The lowest BCUT2D eigenvalue weighted by Gasteiger charge is -2.04. The molecule has 0 aliphatic carbocycles. The number of hydrogen-bond acceptors (Lipinski definition) is 3. The zero-order chi connectivity index (χ0) is 10.9. The smallest absolute Gasteiger partial charge is 0.0725 e. The first kappa shape index (κ1) is 12.6. The van der Waals surface area contributed by atoms with Crippen LogP contribution in [0.15, 0.2) is 6.20 Å². The topological polar surface area (TPSA) is 30.7 Å². The predicted octanol–water partition coefficient (Wildman–Crippen LogP) is 2.72. The van der Waals surface area contributed by atoms with Gasteiger partial charge in [-0.05, 0) is 25.0 Å². The molecule has 0 fully saturated rings. The van der Waals surface area contributed by atoms with Crippen molar-refractivity contribution in [1.82, 2.24) is 15.0 Å². The number of nitrogens with zero attached hydrogens (tertiary/aromatic N) is 3. The minimum Gasteiger partial charge on any atom is -0.249 e. The molecule has 86 valence electrons. The molecule has 0 N–H and O–H groups in total. The van der Waals surface area contributed by atoms with Crippen molar-refractivity contribution < 1.29 is 0 Å². The fraction of sp³-hybridized carbons (Fsp3) is 0.818. The van der Waals surface area contributed by atoms with Crippen LogP contribution in [0.25, 0.3) is 0 Å². The minimum absolute atomic E-state index is 0.932. The van der Waals surface area contributed by atoms with E-state index in [4.69, 9.17) is 0 Å². The Hall–Kier alpha value is -0.510. The van der Waals surface area contributed by atoms with E-state index < -0.39 is 0 Å². The normalized spacial score (nSPS) is 10.8. The Kier molecular flexibility index (Phi) is 6.48. The third-order valence-corrected chi connectivity index (χ3v) is 2.83. The third kappa shape index (κ3) is 4.69. The number of hydrogen-bond donors (Lipinski definition) is 1. The first-order valence-electron chi connectivity index (χ1n) is 5.86. The van der Waals surface area contributed by atoms with E-state index in [1.165, 1.54) is 31.4 Å². The summed E-state index contributed by atoms with van der Waals surface area (Å²) in [5.74, 6) is 0.932. The highest BCUT2D eigenvalue weighted by molar-refractivity contribution is 7.80.